The number of rotatable bonds is 9. The molecule has 8 heteroatoms. The maximum absolute atomic E-state index is 13.1. The van der Waals surface area contributed by atoms with Gasteiger partial charge in [-0.15, -0.1) is 0 Å². The topological polar surface area (TPSA) is 81.5 Å². The van der Waals surface area contributed by atoms with Crippen LogP contribution in [0.4, 0.5) is 0 Å². The monoisotopic (exact) mass is 464 g/mol. The van der Waals surface area contributed by atoms with Crippen molar-refractivity contribution in [3.05, 3.63) is 78.3 Å². The highest BCUT2D eigenvalue weighted by atomic mass is 16.5. The second-order valence-corrected chi connectivity index (χ2v) is 7.67. The van der Waals surface area contributed by atoms with E-state index in [1.165, 1.54) is 6.26 Å². The zero-order valence-corrected chi connectivity index (χ0v) is 19.1. The van der Waals surface area contributed by atoms with Gasteiger partial charge >= 0.3 is 0 Å². The molecule has 2 amide bonds. The van der Waals surface area contributed by atoms with Crippen molar-refractivity contribution in [1.29, 1.82) is 0 Å². The normalized spacial score (nSPS) is 13.4. The van der Waals surface area contributed by atoms with E-state index in [2.05, 4.69) is 0 Å². The number of hydrogen-bond acceptors (Lipinski definition) is 6. The smallest absolute Gasteiger partial charge is 0.289 e. The van der Waals surface area contributed by atoms with Crippen molar-refractivity contribution in [2.75, 3.05) is 46.0 Å². The number of amides is 2. The fourth-order valence-corrected chi connectivity index (χ4v) is 3.71. The molecule has 8 nitrogen and oxygen atoms in total. The maximum Gasteiger partial charge on any atom is 0.289 e. The average Bonchev–Trinajstić information content (AvgIpc) is 3.42. The van der Waals surface area contributed by atoms with Crippen LogP contribution in [0.3, 0.4) is 0 Å². The van der Waals surface area contributed by atoms with Crippen LogP contribution in [0.2, 0.25) is 0 Å². The van der Waals surface area contributed by atoms with Gasteiger partial charge in [0.05, 0.1) is 12.9 Å². The largest absolute Gasteiger partial charge is 0.490 e. The van der Waals surface area contributed by atoms with Gasteiger partial charge in [-0.3, -0.25) is 9.59 Å². The molecule has 1 saturated heterocycles. The molecule has 1 aromatic heterocycles. The van der Waals surface area contributed by atoms with Crippen molar-refractivity contribution in [2.45, 2.75) is 6.92 Å². The van der Waals surface area contributed by atoms with Gasteiger partial charge in [-0.2, -0.15) is 0 Å². The molecule has 0 bridgehead atoms. The number of piperazine rings is 1. The van der Waals surface area contributed by atoms with Gasteiger partial charge in [0.2, 0.25) is 0 Å². The number of ether oxygens (including phenoxy) is 3. The Morgan fingerprint density at radius 1 is 0.794 bits per heavy atom. The van der Waals surface area contributed by atoms with E-state index in [1.807, 2.05) is 37.3 Å². The van der Waals surface area contributed by atoms with Crippen LogP contribution in [0.1, 0.15) is 27.8 Å². The van der Waals surface area contributed by atoms with E-state index in [0.29, 0.717) is 68.8 Å². The SMILES string of the molecule is CCOc1cc(C(=O)N2CCN(C(=O)c3ccco3)CC2)ccc1OCCOc1ccccc1. The number of para-hydroxylation sites is 1. The molecule has 0 aliphatic carbocycles. The van der Waals surface area contributed by atoms with Crippen LogP contribution in [0.5, 0.6) is 17.2 Å². The summed E-state index contributed by atoms with van der Waals surface area (Å²) in [5.41, 5.74) is 0.516. The summed E-state index contributed by atoms with van der Waals surface area (Å²) in [6.07, 6.45) is 1.48. The van der Waals surface area contributed by atoms with Gasteiger partial charge in [0.1, 0.15) is 19.0 Å². The molecule has 2 aromatic carbocycles. The lowest BCUT2D eigenvalue weighted by molar-refractivity contribution is 0.0518. The minimum absolute atomic E-state index is 0.106. The zero-order valence-electron chi connectivity index (χ0n) is 19.1. The fraction of sp³-hybridized carbons (Fsp3) is 0.308. The molecule has 0 atom stereocenters. The Balaban J connectivity index is 1.33. The van der Waals surface area contributed by atoms with Gasteiger partial charge in [-0.25, -0.2) is 0 Å². The predicted octanol–water partition coefficient (Wildman–Crippen LogP) is 3.73. The molecule has 0 N–H and O–H groups in total. The van der Waals surface area contributed by atoms with Crippen LogP contribution < -0.4 is 14.2 Å². The first-order valence-electron chi connectivity index (χ1n) is 11.3. The molecule has 0 unspecified atom stereocenters. The van der Waals surface area contributed by atoms with Gasteiger partial charge in [-0.05, 0) is 49.4 Å². The van der Waals surface area contributed by atoms with Crippen LogP contribution in [-0.2, 0) is 0 Å². The Morgan fingerprint density at radius 3 is 2.18 bits per heavy atom. The van der Waals surface area contributed by atoms with E-state index in [1.54, 1.807) is 40.1 Å². The van der Waals surface area contributed by atoms with Crippen molar-refractivity contribution in [2.24, 2.45) is 0 Å². The van der Waals surface area contributed by atoms with Crippen LogP contribution >= 0.6 is 0 Å². The molecule has 1 aliphatic heterocycles. The Morgan fingerprint density at radius 2 is 1.50 bits per heavy atom. The molecular formula is C26H28N2O6. The number of hydrogen-bond donors (Lipinski definition) is 0. The summed E-state index contributed by atoms with van der Waals surface area (Å²) in [6, 6.07) is 18.1. The van der Waals surface area contributed by atoms with E-state index >= 15 is 0 Å². The Hall–Kier alpha value is -3.94. The van der Waals surface area contributed by atoms with Crippen LogP contribution in [-0.4, -0.2) is 67.6 Å². The molecule has 178 valence electrons. The minimum Gasteiger partial charge on any atom is -0.490 e. The molecule has 1 fully saturated rings. The number of furan rings is 1. The van der Waals surface area contributed by atoms with E-state index in [4.69, 9.17) is 18.6 Å². The lowest BCUT2D eigenvalue weighted by Crippen LogP contribution is -2.50. The van der Waals surface area contributed by atoms with Crippen molar-refractivity contribution < 1.29 is 28.2 Å². The van der Waals surface area contributed by atoms with Gasteiger partial charge in [0.25, 0.3) is 11.8 Å². The van der Waals surface area contributed by atoms with Gasteiger partial charge in [-0.1, -0.05) is 18.2 Å². The number of nitrogens with zero attached hydrogens (tertiary/aromatic N) is 2. The highest BCUT2D eigenvalue weighted by molar-refractivity contribution is 5.95. The molecule has 2 heterocycles. The second kappa shape index (κ2) is 11.3. The third-order valence-electron chi connectivity index (χ3n) is 5.43. The van der Waals surface area contributed by atoms with E-state index in [9.17, 15) is 9.59 Å². The third-order valence-corrected chi connectivity index (χ3v) is 5.43. The Kier molecular flexibility index (Phi) is 7.70. The predicted molar refractivity (Wildman–Crippen MR) is 126 cm³/mol. The molecule has 4 rings (SSSR count). The molecule has 3 aromatic rings. The summed E-state index contributed by atoms with van der Waals surface area (Å²) < 4.78 is 22.4. The summed E-state index contributed by atoms with van der Waals surface area (Å²) in [7, 11) is 0. The number of carbonyl (C=O) groups is 2. The Labute approximate surface area is 198 Å². The summed E-state index contributed by atoms with van der Waals surface area (Å²) in [4.78, 5) is 29.0. The first kappa shape index (κ1) is 23.2. The van der Waals surface area contributed by atoms with Crippen LogP contribution in [0.25, 0.3) is 0 Å². The molecule has 0 saturated carbocycles. The van der Waals surface area contributed by atoms with E-state index in [-0.39, 0.29) is 11.8 Å². The summed E-state index contributed by atoms with van der Waals surface area (Å²) in [6.45, 7) is 4.85. The molecule has 0 spiro atoms. The highest BCUT2D eigenvalue weighted by Crippen LogP contribution is 2.29. The van der Waals surface area contributed by atoms with Gasteiger partial charge in [0.15, 0.2) is 17.3 Å². The summed E-state index contributed by atoms with van der Waals surface area (Å²) in [5, 5.41) is 0. The summed E-state index contributed by atoms with van der Waals surface area (Å²) in [5.74, 6) is 1.90. The molecule has 0 radical (unpaired) electrons. The minimum atomic E-state index is -0.159. The van der Waals surface area contributed by atoms with Gasteiger partial charge in [0, 0.05) is 31.7 Å². The molecular weight excluding hydrogens is 436 g/mol. The van der Waals surface area contributed by atoms with Crippen molar-refractivity contribution in [3.8, 4) is 17.2 Å². The standard InChI is InChI=1S/C26H28N2O6/c1-2-31-24-19-20(10-11-22(24)34-18-17-32-21-7-4-3-5-8-21)25(29)27-12-14-28(15-13-27)26(30)23-9-6-16-33-23/h3-11,16,19H,2,12-15,17-18H2,1H3. The lowest BCUT2D eigenvalue weighted by atomic mass is 10.1. The number of benzene rings is 2. The zero-order chi connectivity index (χ0) is 23.8. The van der Waals surface area contributed by atoms with Gasteiger partial charge < -0.3 is 28.4 Å². The third kappa shape index (κ3) is 5.70. The quantitative estimate of drug-likeness (QED) is 0.449. The first-order chi connectivity index (χ1) is 16.7. The van der Waals surface area contributed by atoms with Crippen molar-refractivity contribution in [1.82, 2.24) is 9.80 Å². The Bertz CT molecular complexity index is 1080. The van der Waals surface area contributed by atoms with Crippen LogP contribution in [0.15, 0.2) is 71.3 Å². The first-order valence-corrected chi connectivity index (χ1v) is 11.3. The van der Waals surface area contributed by atoms with Crippen molar-refractivity contribution in [3.63, 3.8) is 0 Å². The maximum atomic E-state index is 13.1. The van der Waals surface area contributed by atoms with E-state index < -0.39 is 0 Å². The molecule has 34 heavy (non-hydrogen) atoms. The highest BCUT2D eigenvalue weighted by Gasteiger charge is 2.27. The fourth-order valence-electron chi connectivity index (χ4n) is 3.71. The van der Waals surface area contributed by atoms with Crippen LogP contribution in [0, 0.1) is 0 Å². The average molecular weight is 465 g/mol. The van der Waals surface area contributed by atoms with E-state index in [0.717, 1.165) is 5.75 Å². The van der Waals surface area contributed by atoms with Crippen molar-refractivity contribution >= 4 is 11.8 Å². The lowest BCUT2D eigenvalue weighted by Gasteiger charge is -2.34. The number of carbonyl (C=O) groups excluding carboxylic acids is 2. The summed E-state index contributed by atoms with van der Waals surface area (Å²) >= 11 is 0. The second-order valence-electron chi connectivity index (χ2n) is 7.67. The molecule has 1 aliphatic rings.